The second-order valence-electron chi connectivity index (χ2n) is 3.32. The molecule has 0 saturated heterocycles. The number of hydrogen-bond donors (Lipinski definition) is 0. The molecule has 1 rings (SSSR count). The molecule has 0 saturated carbocycles. The number of pyridine rings is 1. The minimum Gasteiger partial charge on any atom is -0.469 e. The Bertz CT molecular complexity index is 549. The van der Waals surface area contributed by atoms with Gasteiger partial charge in [-0.25, -0.2) is 0 Å². The first-order valence-corrected chi connectivity index (χ1v) is 5.88. The average molecular weight is 406 g/mol. The zero-order chi connectivity index (χ0) is 15.5. The van der Waals surface area contributed by atoms with Crippen LogP contribution in [0.4, 0.5) is 18.9 Å². The highest BCUT2D eigenvalue weighted by Gasteiger charge is 2.33. The highest BCUT2D eigenvalue weighted by molar-refractivity contribution is 14.1. The predicted octanol–water partition coefficient (Wildman–Crippen LogP) is 2.21. The standard InChI is InChI=1S/C9H6F3IN2O5/c1-19-6(16)3-4-2-5(20-9(10,11)12)14-8(13)7(4)15(17)18/h2H,3H2,1H3. The fraction of sp³-hybridized carbons (Fsp3) is 0.333. The summed E-state index contributed by atoms with van der Waals surface area (Å²) < 4.78 is 43.9. The lowest BCUT2D eigenvalue weighted by Crippen LogP contribution is -2.19. The lowest BCUT2D eigenvalue weighted by atomic mass is 10.1. The monoisotopic (exact) mass is 406 g/mol. The smallest absolute Gasteiger partial charge is 0.469 e. The minimum absolute atomic E-state index is 0.277. The zero-order valence-electron chi connectivity index (χ0n) is 9.73. The van der Waals surface area contributed by atoms with Crippen LogP contribution >= 0.6 is 22.6 Å². The quantitative estimate of drug-likeness (QED) is 0.250. The van der Waals surface area contributed by atoms with Gasteiger partial charge in [-0.3, -0.25) is 14.9 Å². The number of methoxy groups -OCH3 is 1. The second kappa shape index (κ2) is 6.19. The summed E-state index contributed by atoms with van der Waals surface area (Å²) in [5.74, 6) is -1.72. The van der Waals surface area contributed by atoms with Crippen LogP contribution < -0.4 is 4.74 Å². The molecule has 11 heteroatoms. The predicted molar refractivity (Wildman–Crippen MR) is 66.0 cm³/mol. The fourth-order valence-corrected chi connectivity index (χ4v) is 2.04. The third kappa shape index (κ3) is 4.47. The van der Waals surface area contributed by atoms with Crippen molar-refractivity contribution in [3.8, 4) is 5.88 Å². The molecule has 20 heavy (non-hydrogen) atoms. The number of alkyl halides is 3. The van der Waals surface area contributed by atoms with Crippen LogP contribution in [-0.2, 0) is 16.0 Å². The first-order valence-electron chi connectivity index (χ1n) is 4.80. The Balaban J connectivity index is 3.28. The van der Waals surface area contributed by atoms with E-state index in [0.717, 1.165) is 7.11 Å². The molecule has 1 aromatic rings. The van der Waals surface area contributed by atoms with Gasteiger partial charge < -0.3 is 9.47 Å². The van der Waals surface area contributed by atoms with Crippen molar-refractivity contribution >= 4 is 34.2 Å². The highest BCUT2D eigenvalue weighted by atomic mass is 127. The number of ether oxygens (including phenoxy) is 2. The van der Waals surface area contributed by atoms with Gasteiger partial charge >= 0.3 is 18.0 Å². The Kier molecular flexibility index (Phi) is 5.08. The summed E-state index contributed by atoms with van der Waals surface area (Å²) in [6.45, 7) is 0. The van der Waals surface area contributed by atoms with Crippen LogP contribution in [0.15, 0.2) is 6.07 Å². The van der Waals surface area contributed by atoms with Gasteiger partial charge in [-0.15, -0.1) is 13.2 Å². The number of nitrogens with zero attached hydrogens (tertiary/aromatic N) is 2. The third-order valence-electron chi connectivity index (χ3n) is 1.97. The number of halogens is 4. The Morgan fingerprint density at radius 3 is 2.60 bits per heavy atom. The third-order valence-corrected chi connectivity index (χ3v) is 2.72. The molecule has 1 aromatic heterocycles. The Morgan fingerprint density at radius 2 is 2.15 bits per heavy atom. The van der Waals surface area contributed by atoms with Crippen molar-refractivity contribution in [3.05, 3.63) is 25.4 Å². The summed E-state index contributed by atoms with van der Waals surface area (Å²) in [6.07, 6.45) is -5.56. The molecule has 1 heterocycles. The van der Waals surface area contributed by atoms with Crippen LogP contribution in [0.1, 0.15) is 5.56 Å². The summed E-state index contributed by atoms with van der Waals surface area (Å²) in [4.78, 5) is 24.5. The molecular formula is C9H6F3IN2O5. The maximum Gasteiger partial charge on any atom is 0.574 e. The van der Waals surface area contributed by atoms with E-state index in [2.05, 4.69) is 14.5 Å². The molecule has 0 aliphatic carbocycles. The van der Waals surface area contributed by atoms with Crippen molar-refractivity contribution in [3.63, 3.8) is 0 Å². The van der Waals surface area contributed by atoms with E-state index in [9.17, 15) is 28.1 Å². The molecular weight excluding hydrogens is 400 g/mol. The van der Waals surface area contributed by atoms with Crippen LogP contribution in [0.2, 0.25) is 0 Å². The molecule has 0 atom stereocenters. The molecule has 0 radical (unpaired) electrons. The number of hydrogen-bond acceptors (Lipinski definition) is 6. The van der Waals surface area contributed by atoms with Crippen LogP contribution in [0.5, 0.6) is 5.88 Å². The van der Waals surface area contributed by atoms with E-state index >= 15 is 0 Å². The number of esters is 1. The molecule has 0 fully saturated rings. The lowest BCUT2D eigenvalue weighted by Gasteiger charge is -2.10. The molecule has 0 spiro atoms. The summed E-state index contributed by atoms with van der Waals surface area (Å²) in [5.41, 5.74) is -0.842. The first kappa shape index (κ1) is 16.4. The van der Waals surface area contributed by atoms with E-state index in [1.54, 1.807) is 0 Å². The van der Waals surface area contributed by atoms with Gasteiger partial charge in [0.1, 0.15) is 0 Å². The van der Waals surface area contributed by atoms with Gasteiger partial charge in [-0.1, -0.05) is 0 Å². The molecule has 0 aliphatic heterocycles. The van der Waals surface area contributed by atoms with Crippen molar-refractivity contribution in [1.29, 1.82) is 0 Å². The van der Waals surface area contributed by atoms with Crippen molar-refractivity contribution < 1.29 is 32.4 Å². The molecule has 110 valence electrons. The van der Waals surface area contributed by atoms with Crippen molar-refractivity contribution in [2.75, 3.05) is 7.11 Å². The highest BCUT2D eigenvalue weighted by Crippen LogP contribution is 2.30. The van der Waals surface area contributed by atoms with E-state index in [0.29, 0.717) is 6.07 Å². The molecule has 0 amide bonds. The van der Waals surface area contributed by atoms with Gasteiger partial charge in [0.25, 0.3) is 0 Å². The van der Waals surface area contributed by atoms with Crippen molar-refractivity contribution in [1.82, 2.24) is 4.98 Å². The number of nitro groups is 1. The topological polar surface area (TPSA) is 91.6 Å². The lowest BCUT2D eigenvalue weighted by molar-refractivity contribution is -0.387. The van der Waals surface area contributed by atoms with E-state index in [1.807, 2.05) is 0 Å². The molecule has 0 N–H and O–H groups in total. The normalized spacial score (nSPS) is 11.1. The van der Waals surface area contributed by atoms with Gasteiger partial charge in [-0.2, -0.15) is 4.98 Å². The van der Waals surface area contributed by atoms with Crippen LogP contribution in [0, 0.1) is 13.8 Å². The Morgan fingerprint density at radius 1 is 1.55 bits per heavy atom. The van der Waals surface area contributed by atoms with Gasteiger partial charge in [0, 0.05) is 11.6 Å². The average Bonchev–Trinajstić information content (AvgIpc) is 2.24. The zero-order valence-corrected chi connectivity index (χ0v) is 11.9. The summed E-state index contributed by atoms with van der Waals surface area (Å²) in [7, 11) is 1.05. The van der Waals surface area contributed by atoms with E-state index in [1.165, 1.54) is 22.6 Å². The fourth-order valence-electron chi connectivity index (χ4n) is 1.26. The van der Waals surface area contributed by atoms with Crippen molar-refractivity contribution in [2.24, 2.45) is 0 Å². The second-order valence-corrected chi connectivity index (χ2v) is 4.34. The van der Waals surface area contributed by atoms with E-state index < -0.39 is 35.2 Å². The van der Waals surface area contributed by atoms with E-state index in [4.69, 9.17) is 0 Å². The maximum absolute atomic E-state index is 12.1. The minimum atomic E-state index is -4.99. The summed E-state index contributed by atoms with van der Waals surface area (Å²) in [5, 5.41) is 10.9. The Labute approximate surface area is 123 Å². The number of aromatic nitrogens is 1. The van der Waals surface area contributed by atoms with Crippen LogP contribution in [-0.4, -0.2) is 29.3 Å². The molecule has 0 aliphatic rings. The van der Waals surface area contributed by atoms with E-state index in [-0.39, 0.29) is 9.26 Å². The number of carbonyl (C=O) groups is 1. The van der Waals surface area contributed by atoms with Gasteiger partial charge in [0.15, 0.2) is 3.70 Å². The van der Waals surface area contributed by atoms with Gasteiger partial charge in [-0.05, 0) is 22.6 Å². The first-order chi connectivity index (χ1) is 9.14. The number of rotatable bonds is 4. The van der Waals surface area contributed by atoms with Crippen LogP contribution in [0.3, 0.4) is 0 Å². The van der Waals surface area contributed by atoms with Gasteiger partial charge in [0.2, 0.25) is 5.88 Å². The SMILES string of the molecule is COC(=O)Cc1cc(OC(F)(F)F)nc(I)c1[N+](=O)[O-]. The molecule has 0 aromatic carbocycles. The molecule has 0 unspecified atom stereocenters. The summed E-state index contributed by atoms with van der Waals surface area (Å²) >= 11 is 1.38. The van der Waals surface area contributed by atoms with Crippen molar-refractivity contribution in [2.45, 2.75) is 12.8 Å². The maximum atomic E-state index is 12.1. The molecule has 0 bridgehead atoms. The largest absolute Gasteiger partial charge is 0.574 e. The van der Waals surface area contributed by atoms with Crippen LogP contribution in [0.25, 0.3) is 0 Å². The molecule has 7 nitrogen and oxygen atoms in total. The number of carbonyl (C=O) groups excluding carboxylic acids is 1. The van der Waals surface area contributed by atoms with Gasteiger partial charge in [0.05, 0.1) is 18.5 Å². The Hall–Kier alpha value is -1.66. The summed E-state index contributed by atoms with van der Waals surface area (Å²) in [6, 6.07) is 0.685.